The van der Waals surface area contributed by atoms with Gasteiger partial charge in [0.1, 0.15) is 12.0 Å². The molecule has 0 aliphatic carbocycles. The summed E-state index contributed by atoms with van der Waals surface area (Å²) in [6.45, 7) is 0.625. The molecule has 9 heavy (non-hydrogen) atoms. The van der Waals surface area contributed by atoms with Crippen LogP contribution < -0.4 is 5.32 Å². The van der Waals surface area contributed by atoms with Crippen LogP contribution in [0.15, 0.2) is 0 Å². The van der Waals surface area contributed by atoms with Crippen molar-refractivity contribution >= 4 is 5.78 Å². The lowest BCUT2D eigenvalue weighted by Crippen LogP contribution is -2.27. The molecule has 3 heteroatoms. The molecule has 1 aliphatic heterocycles. The van der Waals surface area contributed by atoms with E-state index >= 15 is 0 Å². The monoisotopic (exact) mass is 129 g/mol. The van der Waals surface area contributed by atoms with E-state index in [4.69, 9.17) is 5.11 Å². The van der Waals surface area contributed by atoms with Gasteiger partial charge >= 0.3 is 0 Å². The molecule has 1 aliphatic rings. The molecule has 1 rings (SSSR count). The molecule has 1 unspecified atom stereocenters. The molecule has 1 heterocycles. The van der Waals surface area contributed by atoms with Gasteiger partial charge < -0.3 is 5.11 Å². The van der Waals surface area contributed by atoms with Gasteiger partial charge in [0, 0.05) is 19.4 Å². The minimum atomic E-state index is -0.462. The first-order chi connectivity index (χ1) is 4.29. The van der Waals surface area contributed by atoms with Gasteiger partial charge in [-0.3, -0.25) is 10.1 Å². The van der Waals surface area contributed by atoms with Crippen LogP contribution in [-0.4, -0.2) is 23.7 Å². The fraction of sp³-hybridized carbons (Fsp3) is 0.833. The van der Waals surface area contributed by atoms with E-state index in [1.165, 1.54) is 0 Å². The van der Waals surface area contributed by atoms with Crippen LogP contribution in [0.25, 0.3) is 0 Å². The van der Waals surface area contributed by atoms with E-state index in [0.717, 1.165) is 0 Å². The normalized spacial score (nSPS) is 29.9. The number of hydrogen-bond donors (Lipinski definition) is 2. The van der Waals surface area contributed by atoms with Crippen molar-refractivity contribution in [3.8, 4) is 0 Å². The summed E-state index contributed by atoms with van der Waals surface area (Å²) >= 11 is 0. The summed E-state index contributed by atoms with van der Waals surface area (Å²) in [4.78, 5) is 10.7. The number of rotatable bonds is 0. The molecule has 0 aromatic heterocycles. The molecule has 1 saturated heterocycles. The first kappa shape index (κ1) is 6.71. The van der Waals surface area contributed by atoms with Crippen LogP contribution in [0.5, 0.6) is 0 Å². The molecule has 0 spiro atoms. The number of Topliss-reactive ketones (excluding diaryl/α,β-unsaturated/α-hetero) is 1. The van der Waals surface area contributed by atoms with Crippen LogP contribution in [0, 0.1) is 0 Å². The third kappa shape index (κ3) is 2.11. The molecule has 0 aromatic rings. The van der Waals surface area contributed by atoms with Crippen LogP contribution in [0.4, 0.5) is 0 Å². The van der Waals surface area contributed by atoms with Crippen molar-refractivity contribution in [2.24, 2.45) is 0 Å². The van der Waals surface area contributed by atoms with E-state index in [-0.39, 0.29) is 5.78 Å². The highest BCUT2D eigenvalue weighted by atomic mass is 16.3. The largest absolute Gasteiger partial charge is 0.379 e. The van der Waals surface area contributed by atoms with E-state index in [1.807, 2.05) is 0 Å². The lowest BCUT2D eigenvalue weighted by atomic mass is 10.2. The molecule has 3 nitrogen and oxygen atoms in total. The predicted molar refractivity (Wildman–Crippen MR) is 32.9 cm³/mol. The van der Waals surface area contributed by atoms with Gasteiger partial charge in [0.2, 0.25) is 0 Å². The van der Waals surface area contributed by atoms with E-state index in [9.17, 15) is 4.79 Å². The Morgan fingerprint density at radius 1 is 1.56 bits per heavy atom. The van der Waals surface area contributed by atoms with Crippen LogP contribution in [0.2, 0.25) is 0 Å². The number of aliphatic hydroxyl groups excluding tert-OH is 1. The molecule has 2 N–H and O–H groups in total. The van der Waals surface area contributed by atoms with Gasteiger partial charge in [-0.25, -0.2) is 0 Å². The lowest BCUT2D eigenvalue weighted by Gasteiger charge is -2.04. The second-order valence-corrected chi connectivity index (χ2v) is 2.30. The number of hydrogen-bond acceptors (Lipinski definition) is 3. The number of nitrogens with one attached hydrogen (secondary N) is 1. The minimum Gasteiger partial charge on any atom is -0.379 e. The minimum absolute atomic E-state index is 0.249. The predicted octanol–water partition coefficient (Wildman–Crippen LogP) is -0.353. The van der Waals surface area contributed by atoms with Crippen molar-refractivity contribution < 1.29 is 9.90 Å². The second kappa shape index (κ2) is 2.94. The lowest BCUT2D eigenvalue weighted by molar-refractivity contribution is -0.118. The Labute approximate surface area is 54.1 Å². The molecule has 0 amide bonds. The fourth-order valence-corrected chi connectivity index (χ4v) is 0.903. The van der Waals surface area contributed by atoms with Gasteiger partial charge in [0.15, 0.2) is 0 Å². The Hall–Kier alpha value is -0.410. The highest BCUT2D eigenvalue weighted by Gasteiger charge is 2.11. The third-order valence-corrected chi connectivity index (χ3v) is 1.48. The summed E-state index contributed by atoms with van der Waals surface area (Å²) in [7, 11) is 0. The van der Waals surface area contributed by atoms with Crippen LogP contribution in [-0.2, 0) is 4.79 Å². The Morgan fingerprint density at radius 2 is 2.33 bits per heavy atom. The molecule has 1 atom stereocenters. The molecular formula is C6H11NO2. The summed E-state index contributed by atoms with van der Waals surface area (Å²) in [6, 6.07) is 0. The standard InChI is InChI=1S/C6H11NO2/c8-5-1-2-6(9)7-4-3-5/h6-7,9H,1-4H2. The van der Waals surface area contributed by atoms with Gasteiger partial charge in [-0.15, -0.1) is 0 Å². The zero-order chi connectivity index (χ0) is 6.69. The zero-order valence-electron chi connectivity index (χ0n) is 5.26. The van der Waals surface area contributed by atoms with Crippen molar-refractivity contribution in [1.29, 1.82) is 0 Å². The van der Waals surface area contributed by atoms with Crippen molar-refractivity contribution in [2.75, 3.05) is 6.54 Å². The first-order valence-electron chi connectivity index (χ1n) is 3.22. The average Bonchev–Trinajstić information content (AvgIpc) is 1.97. The smallest absolute Gasteiger partial charge is 0.134 e. The maximum atomic E-state index is 10.7. The van der Waals surface area contributed by atoms with E-state index in [2.05, 4.69) is 5.32 Å². The number of aliphatic hydroxyl groups is 1. The Bertz CT molecular complexity index is 114. The summed E-state index contributed by atoms with van der Waals surface area (Å²) in [6.07, 6.45) is 1.20. The SMILES string of the molecule is O=C1CCNC(O)CC1. The Morgan fingerprint density at radius 3 is 3.11 bits per heavy atom. The number of carbonyl (C=O) groups is 1. The van der Waals surface area contributed by atoms with Gasteiger partial charge in [0.25, 0.3) is 0 Å². The van der Waals surface area contributed by atoms with Gasteiger partial charge in [-0.2, -0.15) is 0 Å². The molecular weight excluding hydrogens is 118 g/mol. The highest BCUT2D eigenvalue weighted by molar-refractivity contribution is 5.78. The highest BCUT2D eigenvalue weighted by Crippen LogP contribution is 2.01. The zero-order valence-corrected chi connectivity index (χ0v) is 5.26. The number of ketones is 1. The van der Waals surface area contributed by atoms with Gasteiger partial charge in [0.05, 0.1) is 0 Å². The Kier molecular flexibility index (Phi) is 2.19. The second-order valence-electron chi connectivity index (χ2n) is 2.30. The van der Waals surface area contributed by atoms with Crippen molar-refractivity contribution in [3.63, 3.8) is 0 Å². The summed E-state index contributed by atoms with van der Waals surface area (Å²) < 4.78 is 0. The summed E-state index contributed by atoms with van der Waals surface area (Å²) in [5.74, 6) is 0.249. The maximum absolute atomic E-state index is 10.7. The quantitative estimate of drug-likeness (QED) is 0.470. The molecule has 0 bridgehead atoms. The van der Waals surface area contributed by atoms with E-state index in [0.29, 0.717) is 25.8 Å². The van der Waals surface area contributed by atoms with Crippen LogP contribution in [0.3, 0.4) is 0 Å². The first-order valence-corrected chi connectivity index (χ1v) is 3.22. The molecule has 0 aromatic carbocycles. The summed E-state index contributed by atoms with van der Waals surface area (Å²) in [5.41, 5.74) is 0. The van der Waals surface area contributed by atoms with Crippen molar-refractivity contribution in [1.82, 2.24) is 5.32 Å². The topological polar surface area (TPSA) is 49.3 Å². The number of carbonyl (C=O) groups excluding carboxylic acids is 1. The maximum Gasteiger partial charge on any atom is 0.134 e. The van der Waals surface area contributed by atoms with Crippen LogP contribution >= 0.6 is 0 Å². The fourth-order valence-electron chi connectivity index (χ4n) is 0.903. The van der Waals surface area contributed by atoms with Gasteiger partial charge in [-0.05, 0) is 6.42 Å². The molecule has 1 fully saturated rings. The third-order valence-electron chi connectivity index (χ3n) is 1.48. The summed E-state index contributed by atoms with van der Waals surface area (Å²) in [5, 5.41) is 11.8. The van der Waals surface area contributed by atoms with Crippen molar-refractivity contribution in [3.05, 3.63) is 0 Å². The van der Waals surface area contributed by atoms with Gasteiger partial charge in [-0.1, -0.05) is 0 Å². The van der Waals surface area contributed by atoms with Crippen LogP contribution in [0.1, 0.15) is 19.3 Å². The average molecular weight is 129 g/mol. The molecule has 52 valence electrons. The molecule has 0 saturated carbocycles. The van der Waals surface area contributed by atoms with Crippen molar-refractivity contribution in [2.45, 2.75) is 25.5 Å². The Balaban J connectivity index is 2.34. The van der Waals surface area contributed by atoms with E-state index in [1.54, 1.807) is 0 Å². The molecule has 0 radical (unpaired) electrons. The van der Waals surface area contributed by atoms with E-state index < -0.39 is 6.23 Å².